The van der Waals surface area contributed by atoms with Crippen LogP contribution < -0.4 is 0 Å². The van der Waals surface area contributed by atoms with Crippen LogP contribution in [-0.2, 0) is 14.3 Å². The highest BCUT2D eigenvalue weighted by molar-refractivity contribution is 5.97. The van der Waals surface area contributed by atoms with Crippen LogP contribution >= 0.6 is 0 Å². The number of Topliss-reactive ketones (excluding diaryl/α,β-unsaturated/α-hetero) is 1. The fraction of sp³-hybridized carbons (Fsp3) is 0.867. The van der Waals surface area contributed by atoms with Gasteiger partial charge in [0.25, 0.3) is 0 Å². The van der Waals surface area contributed by atoms with Crippen molar-refractivity contribution in [1.29, 1.82) is 0 Å². The van der Waals surface area contributed by atoms with E-state index >= 15 is 0 Å². The molecule has 18 heavy (non-hydrogen) atoms. The first-order chi connectivity index (χ1) is 8.63. The smallest absolute Gasteiger partial charge is 0.316 e. The van der Waals surface area contributed by atoms with Gasteiger partial charge in [-0.2, -0.15) is 0 Å². The number of rotatable bonds is 11. The summed E-state index contributed by atoms with van der Waals surface area (Å²) in [6, 6.07) is 0. The van der Waals surface area contributed by atoms with Gasteiger partial charge in [-0.25, -0.2) is 0 Å². The summed E-state index contributed by atoms with van der Waals surface area (Å²) in [5.41, 5.74) is 0. The summed E-state index contributed by atoms with van der Waals surface area (Å²) >= 11 is 0. The second-order valence-electron chi connectivity index (χ2n) is 4.89. The molecular formula is C15H28O3. The van der Waals surface area contributed by atoms with Crippen molar-refractivity contribution in [3.8, 4) is 0 Å². The molecule has 0 bridgehead atoms. The van der Waals surface area contributed by atoms with E-state index in [4.69, 9.17) is 4.74 Å². The first-order valence-electron chi connectivity index (χ1n) is 7.30. The Labute approximate surface area is 111 Å². The Morgan fingerprint density at radius 1 is 0.944 bits per heavy atom. The maximum atomic E-state index is 11.7. The lowest BCUT2D eigenvalue weighted by atomic mass is 9.97. The molecule has 0 heterocycles. The molecule has 1 atom stereocenters. The third kappa shape index (κ3) is 8.26. The molecule has 0 aliphatic heterocycles. The summed E-state index contributed by atoms with van der Waals surface area (Å²) in [4.78, 5) is 23.1. The van der Waals surface area contributed by atoms with Crippen molar-refractivity contribution in [1.82, 2.24) is 0 Å². The highest BCUT2D eigenvalue weighted by Crippen LogP contribution is 2.15. The van der Waals surface area contributed by atoms with Crippen LogP contribution in [-0.4, -0.2) is 18.4 Å². The predicted octanol–water partition coefficient (Wildman–Crippen LogP) is 3.90. The molecule has 0 N–H and O–H groups in total. The first kappa shape index (κ1) is 17.1. The van der Waals surface area contributed by atoms with Gasteiger partial charge in [0.2, 0.25) is 0 Å². The SMILES string of the molecule is CCCCCCCCC(C(C)=O)C(=O)OCCC. The molecule has 106 valence electrons. The third-order valence-electron chi connectivity index (χ3n) is 3.07. The van der Waals surface area contributed by atoms with E-state index in [0.717, 1.165) is 19.3 Å². The molecule has 0 aliphatic carbocycles. The number of hydrogen-bond donors (Lipinski definition) is 0. The van der Waals surface area contributed by atoms with E-state index in [9.17, 15) is 9.59 Å². The molecule has 0 fully saturated rings. The van der Waals surface area contributed by atoms with E-state index in [1.807, 2.05) is 6.92 Å². The van der Waals surface area contributed by atoms with Crippen LogP contribution in [0.3, 0.4) is 0 Å². The highest BCUT2D eigenvalue weighted by Gasteiger charge is 2.23. The van der Waals surface area contributed by atoms with Crippen molar-refractivity contribution in [3.63, 3.8) is 0 Å². The van der Waals surface area contributed by atoms with E-state index in [1.54, 1.807) is 0 Å². The molecule has 0 aromatic rings. The van der Waals surface area contributed by atoms with Gasteiger partial charge in [0, 0.05) is 0 Å². The monoisotopic (exact) mass is 256 g/mol. The van der Waals surface area contributed by atoms with Gasteiger partial charge in [-0.15, -0.1) is 0 Å². The van der Waals surface area contributed by atoms with Crippen LogP contribution in [0.15, 0.2) is 0 Å². The van der Waals surface area contributed by atoms with E-state index < -0.39 is 5.92 Å². The minimum Gasteiger partial charge on any atom is -0.465 e. The Kier molecular flexibility index (Phi) is 10.7. The zero-order valence-electron chi connectivity index (χ0n) is 12.2. The summed E-state index contributed by atoms with van der Waals surface area (Å²) < 4.78 is 5.05. The highest BCUT2D eigenvalue weighted by atomic mass is 16.5. The Bertz CT molecular complexity index is 236. The van der Waals surface area contributed by atoms with Crippen molar-refractivity contribution in [2.75, 3.05) is 6.61 Å². The van der Waals surface area contributed by atoms with Crippen molar-refractivity contribution in [2.24, 2.45) is 5.92 Å². The molecule has 0 spiro atoms. The van der Waals surface area contributed by atoms with Crippen LogP contribution in [0, 0.1) is 5.92 Å². The van der Waals surface area contributed by atoms with Gasteiger partial charge in [0.15, 0.2) is 0 Å². The second kappa shape index (κ2) is 11.2. The van der Waals surface area contributed by atoms with Gasteiger partial charge in [-0.1, -0.05) is 52.4 Å². The molecule has 3 nitrogen and oxygen atoms in total. The number of ketones is 1. The number of ether oxygens (including phenoxy) is 1. The average Bonchev–Trinajstić information content (AvgIpc) is 2.34. The number of esters is 1. The topological polar surface area (TPSA) is 43.4 Å². The lowest BCUT2D eigenvalue weighted by Crippen LogP contribution is -2.24. The number of unbranched alkanes of at least 4 members (excludes halogenated alkanes) is 5. The summed E-state index contributed by atoms with van der Waals surface area (Å²) in [5, 5.41) is 0. The van der Waals surface area contributed by atoms with Gasteiger partial charge >= 0.3 is 5.97 Å². The largest absolute Gasteiger partial charge is 0.465 e. The van der Waals surface area contributed by atoms with Gasteiger partial charge in [0.1, 0.15) is 11.7 Å². The van der Waals surface area contributed by atoms with Gasteiger partial charge < -0.3 is 4.74 Å². The van der Waals surface area contributed by atoms with Crippen LogP contribution in [0.4, 0.5) is 0 Å². The molecule has 0 aliphatic rings. The van der Waals surface area contributed by atoms with Crippen LogP contribution in [0.2, 0.25) is 0 Å². The van der Waals surface area contributed by atoms with Crippen molar-refractivity contribution in [2.45, 2.75) is 72.1 Å². The zero-order chi connectivity index (χ0) is 13.8. The maximum absolute atomic E-state index is 11.7. The Hall–Kier alpha value is -0.860. The van der Waals surface area contributed by atoms with Crippen molar-refractivity contribution < 1.29 is 14.3 Å². The average molecular weight is 256 g/mol. The maximum Gasteiger partial charge on any atom is 0.316 e. The minimum atomic E-state index is -0.539. The molecule has 0 aromatic carbocycles. The lowest BCUT2D eigenvalue weighted by molar-refractivity contribution is -0.151. The lowest BCUT2D eigenvalue weighted by Gasteiger charge is -2.12. The summed E-state index contributed by atoms with van der Waals surface area (Å²) in [5.74, 6) is -0.940. The quantitative estimate of drug-likeness (QED) is 0.320. The minimum absolute atomic E-state index is 0.0651. The van der Waals surface area contributed by atoms with E-state index in [2.05, 4.69) is 6.92 Å². The Morgan fingerprint density at radius 2 is 1.56 bits per heavy atom. The van der Waals surface area contributed by atoms with Gasteiger partial charge in [-0.3, -0.25) is 9.59 Å². The predicted molar refractivity (Wildman–Crippen MR) is 73.4 cm³/mol. The first-order valence-corrected chi connectivity index (χ1v) is 7.30. The number of hydrogen-bond acceptors (Lipinski definition) is 3. The summed E-state index contributed by atoms with van der Waals surface area (Å²) in [6.07, 6.45) is 8.44. The van der Waals surface area contributed by atoms with E-state index in [1.165, 1.54) is 32.6 Å². The normalized spacial score (nSPS) is 12.2. The van der Waals surface area contributed by atoms with Gasteiger partial charge in [-0.05, 0) is 19.8 Å². The fourth-order valence-electron chi connectivity index (χ4n) is 1.92. The molecule has 0 aromatic heterocycles. The zero-order valence-corrected chi connectivity index (χ0v) is 12.2. The summed E-state index contributed by atoms with van der Waals surface area (Å²) in [7, 11) is 0. The Balaban J connectivity index is 3.83. The molecule has 0 saturated carbocycles. The molecule has 0 radical (unpaired) electrons. The standard InChI is InChI=1S/C15H28O3/c1-4-6-7-8-9-10-11-14(13(3)16)15(17)18-12-5-2/h14H,4-12H2,1-3H3. The number of carbonyl (C=O) groups excluding carboxylic acids is 2. The van der Waals surface area contributed by atoms with Crippen LogP contribution in [0.5, 0.6) is 0 Å². The van der Waals surface area contributed by atoms with Crippen molar-refractivity contribution in [3.05, 3.63) is 0 Å². The molecular weight excluding hydrogens is 228 g/mol. The third-order valence-corrected chi connectivity index (χ3v) is 3.07. The van der Waals surface area contributed by atoms with Crippen LogP contribution in [0.25, 0.3) is 0 Å². The van der Waals surface area contributed by atoms with Crippen LogP contribution in [0.1, 0.15) is 72.1 Å². The number of carbonyl (C=O) groups is 2. The van der Waals surface area contributed by atoms with E-state index in [-0.39, 0.29) is 11.8 Å². The molecule has 0 amide bonds. The Morgan fingerprint density at radius 3 is 2.11 bits per heavy atom. The van der Waals surface area contributed by atoms with Crippen molar-refractivity contribution >= 4 is 11.8 Å². The molecule has 0 rings (SSSR count). The molecule has 1 unspecified atom stereocenters. The molecule has 3 heteroatoms. The molecule has 0 saturated heterocycles. The summed E-state index contributed by atoms with van der Waals surface area (Å²) in [6.45, 7) is 6.04. The van der Waals surface area contributed by atoms with E-state index in [0.29, 0.717) is 13.0 Å². The van der Waals surface area contributed by atoms with Gasteiger partial charge in [0.05, 0.1) is 6.61 Å². The second-order valence-corrected chi connectivity index (χ2v) is 4.89. The fourth-order valence-corrected chi connectivity index (χ4v) is 1.92.